The van der Waals surface area contributed by atoms with Crippen LogP contribution >= 0.6 is 0 Å². The third-order valence-corrected chi connectivity index (χ3v) is 3.58. The third kappa shape index (κ3) is 2.06. The SMILES string of the molecule is CCCCN1C(=O)CN(C2CCCC2)C1=O. The lowest BCUT2D eigenvalue weighted by Gasteiger charge is -2.22. The second-order valence-electron chi connectivity index (χ2n) is 4.75. The molecule has 0 atom stereocenters. The van der Waals surface area contributed by atoms with E-state index in [1.165, 1.54) is 17.7 Å². The maximum Gasteiger partial charge on any atom is 0.327 e. The number of imide groups is 1. The Morgan fingerprint density at radius 2 is 1.94 bits per heavy atom. The second kappa shape index (κ2) is 4.85. The highest BCUT2D eigenvalue weighted by Crippen LogP contribution is 2.26. The summed E-state index contributed by atoms with van der Waals surface area (Å²) in [7, 11) is 0. The molecule has 16 heavy (non-hydrogen) atoms. The van der Waals surface area contributed by atoms with Gasteiger partial charge in [-0.15, -0.1) is 0 Å². The van der Waals surface area contributed by atoms with Gasteiger partial charge in [0.2, 0.25) is 5.91 Å². The lowest BCUT2D eigenvalue weighted by molar-refractivity contribution is -0.125. The number of unbranched alkanes of at least 4 members (excludes halogenated alkanes) is 1. The molecule has 0 aromatic heterocycles. The molecule has 2 aliphatic rings. The first-order valence-corrected chi connectivity index (χ1v) is 6.35. The number of amides is 3. The molecule has 0 radical (unpaired) electrons. The van der Waals surface area contributed by atoms with Crippen LogP contribution in [0, 0.1) is 0 Å². The molecule has 1 aliphatic carbocycles. The van der Waals surface area contributed by atoms with E-state index in [-0.39, 0.29) is 11.9 Å². The Morgan fingerprint density at radius 1 is 1.25 bits per heavy atom. The van der Waals surface area contributed by atoms with Crippen molar-refractivity contribution < 1.29 is 9.59 Å². The van der Waals surface area contributed by atoms with Crippen molar-refractivity contribution >= 4 is 11.9 Å². The quantitative estimate of drug-likeness (QED) is 0.685. The summed E-state index contributed by atoms with van der Waals surface area (Å²) >= 11 is 0. The first kappa shape index (κ1) is 11.4. The van der Waals surface area contributed by atoms with E-state index in [0.717, 1.165) is 25.7 Å². The van der Waals surface area contributed by atoms with Crippen molar-refractivity contribution in [3.8, 4) is 0 Å². The van der Waals surface area contributed by atoms with Gasteiger partial charge in [0.05, 0.1) is 0 Å². The molecule has 4 nitrogen and oxygen atoms in total. The van der Waals surface area contributed by atoms with Crippen LogP contribution in [0.5, 0.6) is 0 Å². The molecular formula is C12H20N2O2. The van der Waals surface area contributed by atoms with E-state index in [9.17, 15) is 9.59 Å². The van der Waals surface area contributed by atoms with Gasteiger partial charge in [-0.3, -0.25) is 9.69 Å². The van der Waals surface area contributed by atoms with E-state index in [4.69, 9.17) is 0 Å². The molecule has 0 aromatic rings. The fraction of sp³-hybridized carbons (Fsp3) is 0.833. The van der Waals surface area contributed by atoms with Crippen molar-refractivity contribution in [2.75, 3.05) is 13.1 Å². The van der Waals surface area contributed by atoms with Gasteiger partial charge in [0.15, 0.2) is 0 Å². The molecule has 1 saturated heterocycles. The second-order valence-corrected chi connectivity index (χ2v) is 4.75. The van der Waals surface area contributed by atoms with Crippen LogP contribution in [0.4, 0.5) is 4.79 Å². The van der Waals surface area contributed by atoms with Gasteiger partial charge in [-0.25, -0.2) is 4.79 Å². The predicted molar refractivity (Wildman–Crippen MR) is 61.0 cm³/mol. The maximum atomic E-state index is 12.0. The average Bonchev–Trinajstić information content (AvgIpc) is 2.86. The highest BCUT2D eigenvalue weighted by Gasteiger charge is 2.39. The molecule has 0 aromatic carbocycles. The number of hydrogen-bond acceptors (Lipinski definition) is 2. The van der Waals surface area contributed by atoms with Crippen LogP contribution in [0.2, 0.25) is 0 Å². The summed E-state index contributed by atoms with van der Waals surface area (Å²) in [4.78, 5) is 27.0. The Morgan fingerprint density at radius 3 is 2.56 bits per heavy atom. The fourth-order valence-electron chi connectivity index (χ4n) is 2.60. The summed E-state index contributed by atoms with van der Waals surface area (Å²) in [6.45, 7) is 2.98. The van der Waals surface area contributed by atoms with Gasteiger partial charge in [-0.2, -0.15) is 0 Å². The molecule has 0 bridgehead atoms. The molecule has 4 heteroatoms. The summed E-state index contributed by atoms with van der Waals surface area (Å²) in [5.41, 5.74) is 0. The largest absolute Gasteiger partial charge is 0.327 e. The minimum Gasteiger partial charge on any atom is -0.312 e. The first-order chi connectivity index (χ1) is 7.74. The monoisotopic (exact) mass is 224 g/mol. The molecule has 1 saturated carbocycles. The van der Waals surface area contributed by atoms with Crippen LogP contribution in [0.1, 0.15) is 45.4 Å². The van der Waals surface area contributed by atoms with Crippen molar-refractivity contribution in [2.45, 2.75) is 51.5 Å². The smallest absolute Gasteiger partial charge is 0.312 e. The Hall–Kier alpha value is -1.06. The Balaban J connectivity index is 1.97. The van der Waals surface area contributed by atoms with Crippen LogP contribution in [0.15, 0.2) is 0 Å². The van der Waals surface area contributed by atoms with Crippen molar-refractivity contribution in [1.29, 1.82) is 0 Å². The van der Waals surface area contributed by atoms with E-state index in [2.05, 4.69) is 6.92 Å². The number of carbonyl (C=O) groups is 2. The van der Waals surface area contributed by atoms with Crippen LogP contribution in [0.25, 0.3) is 0 Å². The third-order valence-electron chi connectivity index (χ3n) is 3.58. The van der Waals surface area contributed by atoms with Gasteiger partial charge in [0, 0.05) is 12.6 Å². The minimum absolute atomic E-state index is 0.00894. The normalized spacial score (nSPS) is 22.6. The maximum absolute atomic E-state index is 12.0. The Labute approximate surface area is 96.6 Å². The van der Waals surface area contributed by atoms with Gasteiger partial charge in [0.1, 0.15) is 6.54 Å². The molecule has 90 valence electrons. The number of nitrogens with zero attached hydrogens (tertiary/aromatic N) is 2. The van der Waals surface area contributed by atoms with Crippen molar-refractivity contribution in [3.05, 3.63) is 0 Å². The van der Waals surface area contributed by atoms with Crippen molar-refractivity contribution in [1.82, 2.24) is 9.80 Å². The number of carbonyl (C=O) groups excluding carboxylic acids is 2. The number of hydrogen-bond donors (Lipinski definition) is 0. The molecular weight excluding hydrogens is 204 g/mol. The van der Waals surface area contributed by atoms with Gasteiger partial charge in [-0.05, 0) is 19.3 Å². The molecule has 1 heterocycles. The number of urea groups is 1. The van der Waals surface area contributed by atoms with E-state index < -0.39 is 0 Å². The zero-order chi connectivity index (χ0) is 11.5. The molecule has 2 rings (SSSR count). The molecule has 2 fully saturated rings. The standard InChI is InChI=1S/C12H20N2O2/c1-2-3-8-13-11(15)9-14(12(13)16)10-6-4-5-7-10/h10H,2-9H2,1H3. The highest BCUT2D eigenvalue weighted by atomic mass is 16.2. The zero-order valence-electron chi connectivity index (χ0n) is 9.95. The Kier molecular flexibility index (Phi) is 3.46. The van der Waals surface area contributed by atoms with Gasteiger partial charge in [0.25, 0.3) is 0 Å². The van der Waals surface area contributed by atoms with Crippen molar-refractivity contribution in [3.63, 3.8) is 0 Å². The van der Waals surface area contributed by atoms with E-state index in [1.54, 1.807) is 4.90 Å². The summed E-state index contributed by atoms with van der Waals surface area (Å²) < 4.78 is 0. The first-order valence-electron chi connectivity index (χ1n) is 6.35. The molecule has 0 unspecified atom stereocenters. The summed E-state index contributed by atoms with van der Waals surface area (Å²) in [5.74, 6) is -0.00894. The van der Waals surface area contributed by atoms with E-state index in [1.807, 2.05) is 0 Å². The zero-order valence-corrected chi connectivity index (χ0v) is 9.95. The van der Waals surface area contributed by atoms with Gasteiger partial charge < -0.3 is 4.90 Å². The molecule has 1 aliphatic heterocycles. The number of rotatable bonds is 4. The van der Waals surface area contributed by atoms with Crippen LogP contribution < -0.4 is 0 Å². The van der Waals surface area contributed by atoms with Gasteiger partial charge in [-0.1, -0.05) is 26.2 Å². The summed E-state index contributed by atoms with van der Waals surface area (Å²) in [6.07, 6.45) is 6.45. The summed E-state index contributed by atoms with van der Waals surface area (Å²) in [6, 6.07) is 0.272. The lowest BCUT2D eigenvalue weighted by Crippen LogP contribution is -2.38. The van der Waals surface area contributed by atoms with Crippen LogP contribution in [0.3, 0.4) is 0 Å². The average molecular weight is 224 g/mol. The lowest BCUT2D eigenvalue weighted by atomic mass is 10.2. The molecule has 0 spiro atoms. The fourth-order valence-corrected chi connectivity index (χ4v) is 2.60. The Bertz CT molecular complexity index is 285. The van der Waals surface area contributed by atoms with Crippen LogP contribution in [-0.4, -0.2) is 40.9 Å². The summed E-state index contributed by atoms with van der Waals surface area (Å²) in [5, 5.41) is 0. The van der Waals surface area contributed by atoms with E-state index in [0.29, 0.717) is 19.1 Å². The highest BCUT2D eigenvalue weighted by molar-refractivity contribution is 6.02. The van der Waals surface area contributed by atoms with E-state index >= 15 is 0 Å². The predicted octanol–water partition coefficient (Wildman–Crippen LogP) is 1.99. The topological polar surface area (TPSA) is 40.6 Å². The van der Waals surface area contributed by atoms with Crippen LogP contribution in [-0.2, 0) is 4.79 Å². The molecule has 0 N–H and O–H groups in total. The molecule has 3 amide bonds. The minimum atomic E-state index is -0.0506. The van der Waals surface area contributed by atoms with Gasteiger partial charge >= 0.3 is 6.03 Å². The van der Waals surface area contributed by atoms with Crippen molar-refractivity contribution in [2.24, 2.45) is 0 Å².